The van der Waals surface area contributed by atoms with Gasteiger partial charge in [0.1, 0.15) is 24.3 Å². The molecule has 37 heavy (non-hydrogen) atoms. The molecular weight excluding hydrogens is 512 g/mol. The van der Waals surface area contributed by atoms with Crippen LogP contribution in [0, 0.1) is 15.6 Å². The number of nitrogens with zero attached hydrogens (tertiary/aromatic N) is 1. The molecule has 2 atom stereocenters. The smallest absolute Gasteiger partial charge is 0.326 e. The van der Waals surface area contributed by atoms with Gasteiger partial charge >= 0.3 is 5.97 Å². The van der Waals surface area contributed by atoms with Gasteiger partial charge < -0.3 is 20.4 Å². The summed E-state index contributed by atoms with van der Waals surface area (Å²) >= 11 is 6.88. The number of ether oxygens (including phenoxy) is 1. The van der Waals surface area contributed by atoms with Crippen LogP contribution in [0.25, 0.3) is 10.2 Å². The molecule has 194 valence electrons. The lowest BCUT2D eigenvalue weighted by Crippen LogP contribution is -2.46. The van der Waals surface area contributed by atoms with Crippen LogP contribution in [0.3, 0.4) is 0 Å². The van der Waals surface area contributed by atoms with Crippen molar-refractivity contribution in [1.29, 1.82) is 0 Å². The lowest BCUT2D eigenvalue weighted by atomic mass is 10.0. The summed E-state index contributed by atoms with van der Waals surface area (Å²) in [6.07, 6.45) is 0.343. The zero-order valence-corrected chi connectivity index (χ0v) is 22.1. The van der Waals surface area contributed by atoms with Crippen LogP contribution in [0.1, 0.15) is 23.6 Å². The van der Waals surface area contributed by atoms with E-state index in [0.717, 1.165) is 28.3 Å². The Labute approximate surface area is 223 Å². The fourth-order valence-electron chi connectivity index (χ4n) is 4.23. The number of esters is 1. The molecule has 0 radical (unpaired) electrons. The Balaban J connectivity index is 1.47. The van der Waals surface area contributed by atoms with E-state index in [-0.39, 0.29) is 19.5 Å². The van der Waals surface area contributed by atoms with Gasteiger partial charge in [0, 0.05) is 25.2 Å². The highest BCUT2D eigenvalue weighted by Gasteiger charge is 2.24. The highest BCUT2D eigenvalue weighted by atomic mass is 32.1. The number of aromatic nitrogens is 1. The van der Waals surface area contributed by atoms with Gasteiger partial charge in [-0.05, 0) is 66.0 Å². The number of nitrogens with two attached hydrogens (primary N) is 1. The normalized spacial score (nSPS) is 13.0. The van der Waals surface area contributed by atoms with Crippen LogP contribution in [0.15, 0.2) is 66.7 Å². The van der Waals surface area contributed by atoms with E-state index in [1.807, 2.05) is 36.4 Å². The summed E-state index contributed by atoms with van der Waals surface area (Å²) in [7, 11) is 0. The molecule has 0 aliphatic heterocycles. The summed E-state index contributed by atoms with van der Waals surface area (Å²) in [5.74, 6) is -1.84. The largest absolute Gasteiger partial charge is 0.458 e. The number of hydrogen-bond acceptors (Lipinski definition) is 6. The molecule has 0 saturated heterocycles. The van der Waals surface area contributed by atoms with E-state index in [4.69, 9.17) is 22.7 Å². The Kier molecular flexibility index (Phi) is 9.15. The Morgan fingerprint density at radius 3 is 2.54 bits per heavy atom. The van der Waals surface area contributed by atoms with Crippen LogP contribution >= 0.6 is 23.6 Å². The number of fused-ring (bicyclic) bond motifs is 1. The van der Waals surface area contributed by atoms with E-state index in [2.05, 4.69) is 24.4 Å². The van der Waals surface area contributed by atoms with Crippen LogP contribution in [0.5, 0.6) is 0 Å². The molecule has 9 heteroatoms. The summed E-state index contributed by atoms with van der Waals surface area (Å²) in [5, 5.41) is 3.32. The van der Waals surface area contributed by atoms with E-state index < -0.39 is 29.7 Å². The number of hydrogen-bond donors (Lipinski definition) is 2. The third-order valence-corrected chi connectivity index (χ3v) is 7.52. The van der Waals surface area contributed by atoms with E-state index in [9.17, 15) is 13.6 Å². The molecule has 3 N–H and O–H groups in total. The topological polar surface area (TPSA) is 69.3 Å². The minimum absolute atomic E-state index is 0.0563. The molecule has 5 nitrogen and oxygen atoms in total. The molecule has 0 bridgehead atoms. The molecule has 0 saturated carbocycles. The molecule has 1 heterocycles. The molecule has 3 aromatic carbocycles. The third kappa shape index (κ3) is 7.29. The predicted molar refractivity (Wildman–Crippen MR) is 146 cm³/mol. The van der Waals surface area contributed by atoms with E-state index in [1.165, 1.54) is 29.0 Å². The van der Waals surface area contributed by atoms with Gasteiger partial charge in [-0.25, -0.2) is 8.78 Å². The number of aryl methyl sites for hydroxylation is 1. The first kappa shape index (κ1) is 27.1. The van der Waals surface area contributed by atoms with Crippen LogP contribution in [-0.4, -0.2) is 29.2 Å². The second-order valence-corrected chi connectivity index (χ2v) is 10.6. The number of carbonyl (C=O) groups is 1. The Morgan fingerprint density at radius 1 is 1.05 bits per heavy atom. The monoisotopic (exact) mass is 541 g/mol. The number of rotatable bonds is 11. The van der Waals surface area contributed by atoms with Crippen molar-refractivity contribution < 1.29 is 18.3 Å². The Morgan fingerprint density at radius 2 is 1.78 bits per heavy atom. The lowest BCUT2D eigenvalue weighted by molar-refractivity contribution is -0.150. The first-order valence-corrected chi connectivity index (χ1v) is 13.3. The highest BCUT2D eigenvalue weighted by molar-refractivity contribution is 7.73. The zero-order valence-electron chi connectivity index (χ0n) is 20.5. The van der Waals surface area contributed by atoms with Gasteiger partial charge in [0.05, 0.1) is 10.2 Å². The second-order valence-electron chi connectivity index (χ2n) is 8.90. The number of benzene rings is 3. The Hall–Kier alpha value is -2.98. The maximum atomic E-state index is 13.7. The van der Waals surface area contributed by atoms with Gasteiger partial charge in [0.25, 0.3) is 0 Å². The zero-order chi connectivity index (χ0) is 26.4. The van der Waals surface area contributed by atoms with E-state index in [0.29, 0.717) is 16.1 Å². The highest BCUT2D eigenvalue weighted by Crippen LogP contribution is 2.23. The maximum absolute atomic E-state index is 13.7. The molecule has 0 aliphatic carbocycles. The Bertz CT molecular complexity index is 1420. The lowest BCUT2D eigenvalue weighted by Gasteiger charge is -2.25. The summed E-state index contributed by atoms with van der Waals surface area (Å²) in [6.45, 7) is 2.87. The summed E-state index contributed by atoms with van der Waals surface area (Å²) < 4.78 is 36.6. The second kappa shape index (κ2) is 12.5. The fourth-order valence-corrected chi connectivity index (χ4v) is 5.55. The van der Waals surface area contributed by atoms with Crippen LogP contribution in [-0.2, 0) is 35.5 Å². The molecule has 0 aliphatic rings. The van der Waals surface area contributed by atoms with Crippen LogP contribution in [0.2, 0.25) is 0 Å². The number of nitrogens with one attached hydrogen (secondary N) is 1. The SMILES string of the molecule is CCc1cccc(CNC[C@@H](OC(=O)Cn2c(=S)sc3ccccc32)[C@@H](N)Cc2cc(F)cc(F)c2)c1. The van der Waals surface area contributed by atoms with Crippen molar-refractivity contribution in [2.24, 2.45) is 5.73 Å². The van der Waals surface area contributed by atoms with Crippen molar-refractivity contribution in [3.8, 4) is 0 Å². The summed E-state index contributed by atoms with van der Waals surface area (Å²) in [6, 6.07) is 18.5. The minimum Gasteiger partial charge on any atom is -0.458 e. The minimum atomic E-state index is -0.729. The fraction of sp³-hybridized carbons (Fsp3) is 0.286. The summed E-state index contributed by atoms with van der Waals surface area (Å²) in [4.78, 5) is 13.0. The van der Waals surface area contributed by atoms with Gasteiger partial charge in [0.2, 0.25) is 0 Å². The first-order valence-electron chi connectivity index (χ1n) is 12.1. The van der Waals surface area contributed by atoms with Gasteiger partial charge in [-0.15, -0.1) is 11.3 Å². The van der Waals surface area contributed by atoms with Crippen molar-refractivity contribution in [3.05, 3.63) is 99.0 Å². The predicted octanol–water partition coefficient (Wildman–Crippen LogP) is 5.54. The van der Waals surface area contributed by atoms with Crippen molar-refractivity contribution in [2.75, 3.05) is 6.54 Å². The molecule has 0 unspecified atom stereocenters. The van der Waals surface area contributed by atoms with Crippen molar-refractivity contribution in [2.45, 2.75) is 45.0 Å². The van der Waals surface area contributed by atoms with Gasteiger partial charge in [0.15, 0.2) is 3.95 Å². The number of halogens is 2. The molecule has 4 aromatic rings. The standard InChI is InChI=1S/C28H29F2N3O2S2/c1-2-18-6-5-7-19(10-18)15-32-16-25(23(31)13-20-11-21(29)14-22(30)12-20)35-27(34)17-33-24-8-3-4-9-26(24)37-28(33)36/h3-12,14,23,25,32H,2,13,15-17,31H2,1H3/t23-,25+/m0/s1. The summed E-state index contributed by atoms with van der Waals surface area (Å²) in [5.41, 5.74) is 10.0. The van der Waals surface area contributed by atoms with Gasteiger partial charge in [-0.3, -0.25) is 4.79 Å². The molecule has 0 fully saturated rings. The molecule has 4 rings (SSSR count). The third-order valence-electron chi connectivity index (χ3n) is 6.09. The molecule has 0 amide bonds. The number of carbonyl (C=O) groups excluding carboxylic acids is 1. The van der Waals surface area contributed by atoms with Crippen LogP contribution < -0.4 is 11.1 Å². The van der Waals surface area contributed by atoms with Gasteiger partial charge in [-0.2, -0.15) is 0 Å². The van der Waals surface area contributed by atoms with Gasteiger partial charge in [-0.1, -0.05) is 43.3 Å². The maximum Gasteiger partial charge on any atom is 0.326 e. The molecule has 0 spiro atoms. The van der Waals surface area contributed by atoms with Crippen molar-refractivity contribution in [3.63, 3.8) is 0 Å². The van der Waals surface area contributed by atoms with Crippen molar-refractivity contribution in [1.82, 2.24) is 9.88 Å². The van der Waals surface area contributed by atoms with Crippen molar-refractivity contribution >= 4 is 39.7 Å². The van der Waals surface area contributed by atoms with E-state index in [1.54, 1.807) is 4.57 Å². The average molecular weight is 542 g/mol. The van der Waals surface area contributed by atoms with Crippen LogP contribution in [0.4, 0.5) is 8.78 Å². The average Bonchev–Trinajstić information content (AvgIpc) is 3.17. The first-order chi connectivity index (χ1) is 17.8. The number of para-hydroxylation sites is 1. The van der Waals surface area contributed by atoms with E-state index >= 15 is 0 Å². The molecule has 1 aromatic heterocycles. The number of thiazole rings is 1. The quantitative estimate of drug-likeness (QED) is 0.193. The molecular formula is C28H29F2N3O2S2.